The van der Waals surface area contributed by atoms with Crippen LogP contribution in [-0.4, -0.2) is 11.7 Å². The minimum atomic E-state index is -0.599. The lowest BCUT2D eigenvalue weighted by molar-refractivity contribution is 0.178. The molecule has 2 aromatic rings. The number of rotatable bonds is 3. The average molecular weight is 337 g/mol. The van der Waals surface area contributed by atoms with Crippen molar-refractivity contribution in [2.75, 3.05) is 6.61 Å². The summed E-state index contributed by atoms with van der Waals surface area (Å²) in [5.74, 6) is 0.614. The van der Waals surface area contributed by atoms with Crippen LogP contribution in [0.1, 0.15) is 22.8 Å². The standard InChI is InChI=1S/C16H14BrFO2/c17-13-7-10(1-3-14(13)18)8-15(19)11-2-4-16-12(9-11)5-6-20-16/h1-4,7,9,15,19H,5-6,8H2. The third kappa shape index (κ3) is 2.72. The fourth-order valence-corrected chi connectivity index (χ4v) is 2.85. The van der Waals surface area contributed by atoms with Crippen molar-refractivity contribution in [2.24, 2.45) is 0 Å². The lowest BCUT2D eigenvalue weighted by atomic mass is 9.99. The predicted octanol–water partition coefficient (Wildman–Crippen LogP) is 3.80. The number of fused-ring (bicyclic) bond motifs is 1. The van der Waals surface area contributed by atoms with Gasteiger partial charge in [0.25, 0.3) is 0 Å². The van der Waals surface area contributed by atoms with Crippen molar-refractivity contribution in [1.29, 1.82) is 0 Å². The number of benzene rings is 2. The van der Waals surface area contributed by atoms with E-state index in [9.17, 15) is 9.50 Å². The first-order valence-electron chi connectivity index (χ1n) is 6.51. The molecule has 1 N–H and O–H groups in total. The molecule has 0 aromatic heterocycles. The maximum absolute atomic E-state index is 13.2. The number of ether oxygens (including phenoxy) is 1. The van der Waals surface area contributed by atoms with E-state index in [-0.39, 0.29) is 5.82 Å². The van der Waals surface area contributed by atoms with Crippen LogP contribution in [0.2, 0.25) is 0 Å². The monoisotopic (exact) mass is 336 g/mol. The molecule has 0 bridgehead atoms. The Morgan fingerprint density at radius 2 is 2.10 bits per heavy atom. The van der Waals surface area contributed by atoms with Gasteiger partial charge in [-0.2, -0.15) is 0 Å². The Labute approximate surface area is 125 Å². The van der Waals surface area contributed by atoms with Crippen molar-refractivity contribution >= 4 is 15.9 Å². The smallest absolute Gasteiger partial charge is 0.137 e. The van der Waals surface area contributed by atoms with Gasteiger partial charge in [-0.1, -0.05) is 12.1 Å². The molecule has 4 heteroatoms. The second-order valence-corrected chi connectivity index (χ2v) is 5.79. The van der Waals surface area contributed by atoms with Gasteiger partial charge >= 0.3 is 0 Å². The second kappa shape index (κ2) is 5.54. The number of aliphatic hydroxyl groups excluding tert-OH is 1. The van der Waals surface area contributed by atoms with Crippen molar-refractivity contribution in [1.82, 2.24) is 0 Å². The Hall–Kier alpha value is -1.39. The van der Waals surface area contributed by atoms with Crippen LogP contribution in [0.15, 0.2) is 40.9 Å². The van der Waals surface area contributed by atoms with E-state index in [4.69, 9.17) is 4.74 Å². The summed E-state index contributed by atoms with van der Waals surface area (Å²) in [5.41, 5.74) is 2.90. The van der Waals surface area contributed by atoms with Gasteiger partial charge in [0.1, 0.15) is 11.6 Å². The SMILES string of the molecule is OC(Cc1ccc(F)c(Br)c1)c1ccc2c(c1)CCO2. The fraction of sp³-hybridized carbons (Fsp3) is 0.250. The Kier molecular flexibility index (Phi) is 3.76. The zero-order chi connectivity index (χ0) is 14.1. The summed E-state index contributed by atoms with van der Waals surface area (Å²) in [4.78, 5) is 0. The first kappa shape index (κ1) is 13.6. The minimum absolute atomic E-state index is 0.294. The second-order valence-electron chi connectivity index (χ2n) is 4.93. The van der Waals surface area contributed by atoms with E-state index >= 15 is 0 Å². The van der Waals surface area contributed by atoms with Crippen LogP contribution in [-0.2, 0) is 12.8 Å². The summed E-state index contributed by atoms with van der Waals surface area (Å²) in [6.07, 6.45) is 0.745. The molecule has 1 aliphatic rings. The highest BCUT2D eigenvalue weighted by atomic mass is 79.9. The van der Waals surface area contributed by atoms with E-state index in [1.54, 1.807) is 12.1 Å². The van der Waals surface area contributed by atoms with E-state index in [2.05, 4.69) is 15.9 Å². The van der Waals surface area contributed by atoms with Crippen molar-refractivity contribution in [3.05, 3.63) is 63.4 Å². The molecule has 1 unspecified atom stereocenters. The minimum Gasteiger partial charge on any atom is -0.493 e. The van der Waals surface area contributed by atoms with Crippen molar-refractivity contribution in [2.45, 2.75) is 18.9 Å². The normalized spacial score (nSPS) is 14.8. The number of halogens is 2. The summed E-state index contributed by atoms with van der Waals surface area (Å²) in [7, 11) is 0. The molecule has 0 saturated heterocycles. The third-order valence-electron chi connectivity index (χ3n) is 3.51. The Bertz CT molecular complexity index is 642. The van der Waals surface area contributed by atoms with Crippen LogP contribution in [0.5, 0.6) is 5.75 Å². The van der Waals surface area contributed by atoms with Crippen LogP contribution >= 0.6 is 15.9 Å². The predicted molar refractivity (Wildman–Crippen MR) is 78.4 cm³/mol. The summed E-state index contributed by atoms with van der Waals surface area (Å²) in [6.45, 7) is 0.708. The first-order chi connectivity index (χ1) is 9.63. The van der Waals surface area contributed by atoms with E-state index in [0.717, 1.165) is 28.9 Å². The van der Waals surface area contributed by atoms with Gasteiger partial charge in [0.05, 0.1) is 17.2 Å². The quantitative estimate of drug-likeness (QED) is 0.923. The highest BCUT2D eigenvalue weighted by Gasteiger charge is 2.16. The average Bonchev–Trinajstić information content (AvgIpc) is 2.90. The molecule has 0 amide bonds. The van der Waals surface area contributed by atoms with Crippen LogP contribution in [0.3, 0.4) is 0 Å². The molecule has 104 valence electrons. The number of hydrogen-bond acceptors (Lipinski definition) is 2. The van der Waals surface area contributed by atoms with E-state index < -0.39 is 6.10 Å². The van der Waals surface area contributed by atoms with Gasteiger partial charge in [-0.3, -0.25) is 0 Å². The third-order valence-corrected chi connectivity index (χ3v) is 4.12. The largest absolute Gasteiger partial charge is 0.493 e. The summed E-state index contributed by atoms with van der Waals surface area (Å²) in [5, 5.41) is 10.3. The lowest BCUT2D eigenvalue weighted by Crippen LogP contribution is -2.02. The highest BCUT2D eigenvalue weighted by Crippen LogP contribution is 2.29. The molecule has 2 aromatic carbocycles. The zero-order valence-corrected chi connectivity index (χ0v) is 12.4. The molecule has 0 fully saturated rings. The van der Waals surface area contributed by atoms with Crippen LogP contribution in [0, 0.1) is 5.82 Å². The molecule has 1 aliphatic heterocycles. The van der Waals surface area contributed by atoms with Crippen molar-refractivity contribution < 1.29 is 14.2 Å². The van der Waals surface area contributed by atoms with E-state index in [0.29, 0.717) is 17.5 Å². The Morgan fingerprint density at radius 1 is 1.25 bits per heavy atom. The molecule has 1 atom stereocenters. The highest BCUT2D eigenvalue weighted by molar-refractivity contribution is 9.10. The molecule has 0 spiro atoms. The lowest BCUT2D eigenvalue weighted by Gasteiger charge is -2.12. The van der Waals surface area contributed by atoms with Gasteiger partial charge in [-0.05, 0) is 56.9 Å². The van der Waals surface area contributed by atoms with Crippen molar-refractivity contribution in [3.63, 3.8) is 0 Å². The molecule has 2 nitrogen and oxygen atoms in total. The van der Waals surface area contributed by atoms with Crippen LogP contribution < -0.4 is 4.74 Å². The molecule has 0 aliphatic carbocycles. The molecular formula is C16H14BrFO2. The number of hydrogen-bond donors (Lipinski definition) is 1. The van der Waals surface area contributed by atoms with Gasteiger partial charge in [0.2, 0.25) is 0 Å². The molecule has 3 rings (SSSR count). The van der Waals surface area contributed by atoms with E-state index in [1.807, 2.05) is 18.2 Å². The molecule has 1 heterocycles. The topological polar surface area (TPSA) is 29.5 Å². The molecule has 0 radical (unpaired) electrons. The van der Waals surface area contributed by atoms with E-state index in [1.165, 1.54) is 6.07 Å². The molecule has 0 saturated carbocycles. The Balaban J connectivity index is 1.78. The summed E-state index contributed by atoms with van der Waals surface area (Å²) < 4.78 is 19.1. The Morgan fingerprint density at radius 3 is 2.90 bits per heavy atom. The fourth-order valence-electron chi connectivity index (χ4n) is 2.42. The van der Waals surface area contributed by atoms with Gasteiger partial charge in [-0.25, -0.2) is 4.39 Å². The van der Waals surface area contributed by atoms with Gasteiger partial charge in [0, 0.05) is 12.8 Å². The van der Waals surface area contributed by atoms with Gasteiger partial charge < -0.3 is 9.84 Å². The molecule has 20 heavy (non-hydrogen) atoms. The van der Waals surface area contributed by atoms with Gasteiger partial charge in [0.15, 0.2) is 0 Å². The van der Waals surface area contributed by atoms with Crippen molar-refractivity contribution in [3.8, 4) is 5.75 Å². The maximum Gasteiger partial charge on any atom is 0.137 e. The van der Waals surface area contributed by atoms with Crippen LogP contribution in [0.25, 0.3) is 0 Å². The maximum atomic E-state index is 13.2. The summed E-state index contributed by atoms with van der Waals surface area (Å²) in [6, 6.07) is 10.6. The zero-order valence-electron chi connectivity index (χ0n) is 10.8. The number of aliphatic hydroxyl groups is 1. The first-order valence-corrected chi connectivity index (χ1v) is 7.30. The summed E-state index contributed by atoms with van der Waals surface area (Å²) >= 11 is 3.16. The van der Waals surface area contributed by atoms with Crippen LogP contribution in [0.4, 0.5) is 4.39 Å². The van der Waals surface area contributed by atoms with Gasteiger partial charge in [-0.15, -0.1) is 0 Å². The molecular weight excluding hydrogens is 323 g/mol.